The highest BCUT2D eigenvalue weighted by molar-refractivity contribution is 7.92. The Balaban J connectivity index is 2.08. The topological polar surface area (TPSA) is 25.4 Å². The SMILES string of the molecule is CC(C)c1ccc(C(C)N2CCOS2)cn1. The second-order valence-corrected chi connectivity index (χ2v) is 5.24. The molecule has 0 N–H and O–H groups in total. The van der Waals surface area contributed by atoms with Gasteiger partial charge >= 0.3 is 0 Å². The van der Waals surface area contributed by atoms with Crippen LogP contribution < -0.4 is 0 Å². The largest absolute Gasteiger partial charge is 0.300 e. The van der Waals surface area contributed by atoms with Gasteiger partial charge in [0, 0.05) is 24.5 Å². The quantitative estimate of drug-likeness (QED) is 0.596. The van der Waals surface area contributed by atoms with E-state index in [1.807, 2.05) is 6.20 Å². The lowest BCUT2D eigenvalue weighted by Gasteiger charge is -2.20. The fourth-order valence-electron chi connectivity index (χ4n) is 1.70. The zero-order valence-electron chi connectivity index (χ0n) is 10.0. The summed E-state index contributed by atoms with van der Waals surface area (Å²) in [5.74, 6) is 0.494. The minimum Gasteiger partial charge on any atom is -0.300 e. The molecule has 16 heavy (non-hydrogen) atoms. The zero-order chi connectivity index (χ0) is 11.5. The summed E-state index contributed by atoms with van der Waals surface area (Å²) in [5.41, 5.74) is 2.41. The van der Waals surface area contributed by atoms with Gasteiger partial charge in [0.25, 0.3) is 0 Å². The molecule has 0 spiro atoms. The van der Waals surface area contributed by atoms with Crippen molar-refractivity contribution in [2.24, 2.45) is 0 Å². The van der Waals surface area contributed by atoms with Crippen molar-refractivity contribution in [1.82, 2.24) is 9.29 Å². The van der Waals surface area contributed by atoms with Crippen molar-refractivity contribution in [1.29, 1.82) is 0 Å². The normalized spacial score (nSPS) is 19.2. The molecule has 1 fully saturated rings. The van der Waals surface area contributed by atoms with Crippen LogP contribution in [0.25, 0.3) is 0 Å². The van der Waals surface area contributed by atoms with E-state index in [1.54, 1.807) is 0 Å². The molecule has 88 valence electrons. The molecular formula is C12H18N2OS. The molecule has 0 saturated carbocycles. The van der Waals surface area contributed by atoms with Crippen molar-refractivity contribution >= 4 is 12.2 Å². The average Bonchev–Trinajstić information content (AvgIpc) is 2.81. The predicted molar refractivity (Wildman–Crippen MR) is 67.0 cm³/mol. The Bertz CT molecular complexity index is 333. The lowest BCUT2D eigenvalue weighted by molar-refractivity contribution is 0.371. The monoisotopic (exact) mass is 238 g/mol. The summed E-state index contributed by atoms with van der Waals surface area (Å²) in [6.07, 6.45) is 1.98. The lowest BCUT2D eigenvalue weighted by atomic mass is 10.1. The van der Waals surface area contributed by atoms with Gasteiger partial charge in [0.15, 0.2) is 0 Å². The van der Waals surface area contributed by atoms with Crippen LogP contribution in [0.15, 0.2) is 18.3 Å². The Labute approximate surface area is 102 Å². The molecule has 1 unspecified atom stereocenters. The highest BCUT2D eigenvalue weighted by Gasteiger charge is 2.21. The van der Waals surface area contributed by atoms with E-state index < -0.39 is 0 Å². The van der Waals surface area contributed by atoms with Crippen LogP contribution in [-0.4, -0.2) is 22.4 Å². The second kappa shape index (κ2) is 5.17. The molecule has 0 aromatic carbocycles. The van der Waals surface area contributed by atoms with Gasteiger partial charge in [-0.15, -0.1) is 0 Å². The van der Waals surface area contributed by atoms with Crippen molar-refractivity contribution < 1.29 is 4.18 Å². The molecular weight excluding hydrogens is 220 g/mol. The molecule has 1 atom stereocenters. The number of aromatic nitrogens is 1. The van der Waals surface area contributed by atoms with Crippen LogP contribution in [-0.2, 0) is 4.18 Å². The minimum atomic E-state index is 0.362. The number of nitrogens with zero attached hydrogens (tertiary/aromatic N) is 2. The van der Waals surface area contributed by atoms with Crippen LogP contribution >= 0.6 is 12.2 Å². The lowest BCUT2D eigenvalue weighted by Crippen LogP contribution is -2.17. The smallest absolute Gasteiger partial charge is 0.0826 e. The molecule has 0 radical (unpaired) electrons. The standard InChI is InChI=1S/C12H18N2OS/c1-9(2)12-5-4-11(8-13-12)10(3)14-6-7-15-16-14/h4-5,8-10H,6-7H2,1-3H3. The maximum Gasteiger partial charge on any atom is 0.0826 e. The molecule has 1 aromatic heterocycles. The molecule has 2 rings (SSSR count). The molecule has 1 aromatic rings. The van der Waals surface area contributed by atoms with Gasteiger partial charge in [-0.3, -0.25) is 9.17 Å². The molecule has 3 nitrogen and oxygen atoms in total. The van der Waals surface area contributed by atoms with E-state index in [9.17, 15) is 0 Å². The van der Waals surface area contributed by atoms with Crippen molar-refractivity contribution in [3.63, 3.8) is 0 Å². The first-order chi connectivity index (χ1) is 7.68. The van der Waals surface area contributed by atoms with Crippen molar-refractivity contribution in [3.05, 3.63) is 29.6 Å². The third-order valence-corrected chi connectivity index (χ3v) is 3.82. The van der Waals surface area contributed by atoms with Crippen molar-refractivity contribution in [2.75, 3.05) is 13.2 Å². The Kier molecular flexibility index (Phi) is 3.84. The maximum absolute atomic E-state index is 5.28. The number of rotatable bonds is 3. The molecule has 1 aliphatic heterocycles. The Morgan fingerprint density at radius 2 is 2.19 bits per heavy atom. The van der Waals surface area contributed by atoms with Crippen molar-refractivity contribution in [2.45, 2.75) is 32.7 Å². The molecule has 0 bridgehead atoms. The summed E-state index contributed by atoms with van der Waals surface area (Å²) in [5, 5.41) is 0. The van der Waals surface area contributed by atoms with Gasteiger partial charge in [0.2, 0.25) is 0 Å². The Hall–Kier alpha value is -0.580. The van der Waals surface area contributed by atoms with Gasteiger partial charge in [-0.1, -0.05) is 19.9 Å². The summed E-state index contributed by atoms with van der Waals surface area (Å²) in [7, 11) is 0. The summed E-state index contributed by atoms with van der Waals surface area (Å²) >= 11 is 1.46. The fourth-order valence-corrected chi connectivity index (χ4v) is 2.38. The van der Waals surface area contributed by atoms with E-state index in [0.29, 0.717) is 12.0 Å². The Morgan fingerprint density at radius 3 is 2.69 bits per heavy atom. The summed E-state index contributed by atoms with van der Waals surface area (Å²) in [6, 6.07) is 4.66. The summed E-state index contributed by atoms with van der Waals surface area (Å²) < 4.78 is 7.53. The van der Waals surface area contributed by atoms with Crippen LogP contribution in [0.3, 0.4) is 0 Å². The third kappa shape index (κ3) is 2.56. The third-order valence-electron chi connectivity index (χ3n) is 2.86. The molecule has 0 amide bonds. The van der Waals surface area contributed by atoms with E-state index in [1.165, 1.54) is 17.8 Å². The predicted octanol–water partition coefficient (Wildman–Crippen LogP) is 3.16. The first-order valence-corrected chi connectivity index (χ1v) is 6.40. The minimum absolute atomic E-state index is 0.362. The maximum atomic E-state index is 5.28. The van der Waals surface area contributed by atoms with Gasteiger partial charge in [0.05, 0.1) is 18.8 Å². The zero-order valence-corrected chi connectivity index (χ0v) is 10.8. The van der Waals surface area contributed by atoms with Gasteiger partial charge in [-0.25, -0.2) is 4.31 Å². The summed E-state index contributed by atoms with van der Waals surface area (Å²) in [6.45, 7) is 8.31. The first-order valence-electron chi connectivity index (χ1n) is 5.70. The van der Waals surface area contributed by atoms with Crippen molar-refractivity contribution in [3.8, 4) is 0 Å². The highest BCUT2D eigenvalue weighted by atomic mass is 32.2. The Morgan fingerprint density at radius 1 is 1.38 bits per heavy atom. The van der Waals surface area contributed by atoms with Crippen LogP contribution in [0.2, 0.25) is 0 Å². The van der Waals surface area contributed by atoms with Gasteiger partial charge in [-0.2, -0.15) is 0 Å². The van der Waals surface area contributed by atoms with E-state index in [2.05, 4.69) is 42.2 Å². The number of pyridine rings is 1. The van der Waals surface area contributed by atoms with Gasteiger partial charge < -0.3 is 0 Å². The molecule has 1 aliphatic rings. The number of hydrogen-bond acceptors (Lipinski definition) is 4. The molecule has 0 aliphatic carbocycles. The summed E-state index contributed by atoms with van der Waals surface area (Å²) in [4.78, 5) is 4.49. The van der Waals surface area contributed by atoms with Crippen LogP contribution in [0.1, 0.15) is 44.0 Å². The van der Waals surface area contributed by atoms with Gasteiger partial charge in [-0.05, 0) is 24.5 Å². The molecule has 4 heteroatoms. The van der Waals surface area contributed by atoms with Crippen LogP contribution in [0.4, 0.5) is 0 Å². The fraction of sp³-hybridized carbons (Fsp3) is 0.583. The second-order valence-electron chi connectivity index (χ2n) is 4.38. The van der Waals surface area contributed by atoms with Crippen LogP contribution in [0, 0.1) is 0 Å². The van der Waals surface area contributed by atoms with E-state index >= 15 is 0 Å². The van der Waals surface area contributed by atoms with E-state index in [4.69, 9.17) is 4.18 Å². The van der Waals surface area contributed by atoms with Gasteiger partial charge in [0.1, 0.15) is 0 Å². The van der Waals surface area contributed by atoms with Crippen LogP contribution in [0.5, 0.6) is 0 Å². The first kappa shape index (κ1) is 11.9. The average molecular weight is 238 g/mol. The number of hydrogen-bond donors (Lipinski definition) is 0. The molecule has 2 heterocycles. The molecule has 1 saturated heterocycles. The van der Waals surface area contributed by atoms with E-state index in [-0.39, 0.29) is 0 Å². The highest BCUT2D eigenvalue weighted by Crippen LogP contribution is 2.30. The van der Waals surface area contributed by atoms with E-state index in [0.717, 1.165) is 18.8 Å².